The molecule has 3 rings (SSSR count). The second-order valence-corrected chi connectivity index (χ2v) is 4.44. The van der Waals surface area contributed by atoms with Crippen LogP contribution in [0.1, 0.15) is 0 Å². The summed E-state index contributed by atoms with van der Waals surface area (Å²) in [6.07, 6.45) is 0. The molecule has 0 saturated heterocycles. The molecule has 96 valence electrons. The van der Waals surface area contributed by atoms with Crippen molar-refractivity contribution in [2.24, 2.45) is 7.05 Å². The summed E-state index contributed by atoms with van der Waals surface area (Å²) in [5.74, 6) is 2.36. The summed E-state index contributed by atoms with van der Waals surface area (Å²) in [7, 11) is 1.93. The number of nitrogens with zero attached hydrogens (tertiary/aromatic N) is 1. The normalized spacial score (nSPS) is 10.8. The molecule has 0 aliphatic rings. The average Bonchev–Trinajstić information content (AvgIpc) is 2.68. The van der Waals surface area contributed by atoms with Gasteiger partial charge in [-0.1, -0.05) is 0 Å². The van der Waals surface area contributed by atoms with Crippen LogP contribution in [0, 0.1) is 0 Å². The molecule has 0 unspecified atom stereocenters. The van der Waals surface area contributed by atoms with Crippen molar-refractivity contribution < 1.29 is 9.84 Å². The Labute approximate surface area is 110 Å². The van der Waals surface area contributed by atoms with Crippen LogP contribution in [0.15, 0.2) is 48.5 Å². The minimum absolute atomic E-state index is 0.221. The Morgan fingerprint density at radius 1 is 1.00 bits per heavy atom. The topological polar surface area (TPSA) is 60.4 Å². The molecule has 0 saturated carbocycles. The number of nitrogen functional groups attached to an aromatic ring is 1. The molecule has 0 radical (unpaired) electrons. The highest BCUT2D eigenvalue weighted by Crippen LogP contribution is 2.28. The van der Waals surface area contributed by atoms with Crippen LogP contribution in [-0.2, 0) is 7.05 Å². The molecule has 19 heavy (non-hydrogen) atoms. The van der Waals surface area contributed by atoms with E-state index in [9.17, 15) is 5.11 Å². The van der Waals surface area contributed by atoms with Gasteiger partial charge in [0.2, 0.25) is 0 Å². The fraction of sp³-hybridized carbons (Fsp3) is 0.0667. The van der Waals surface area contributed by atoms with Crippen molar-refractivity contribution in [2.75, 3.05) is 5.73 Å². The molecular formula is C15H14N2O2. The first kappa shape index (κ1) is 11.5. The van der Waals surface area contributed by atoms with Crippen molar-refractivity contribution in [3.63, 3.8) is 0 Å². The van der Waals surface area contributed by atoms with Crippen molar-refractivity contribution in [1.29, 1.82) is 0 Å². The van der Waals surface area contributed by atoms with Crippen molar-refractivity contribution >= 4 is 16.7 Å². The lowest BCUT2D eigenvalue weighted by atomic mass is 10.2. The molecule has 2 aromatic carbocycles. The van der Waals surface area contributed by atoms with Gasteiger partial charge in [0, 0.05) is 18.0 Å². The number of benzene rings is 2. The predicted octanol–water partition coefficient (Wildman–Crippen LogP) is 3.26. The van der Waals surface area contributed by atoms with Gasteiger partial charge in [0.1, 0.15) is 23.1 Å². The second-order valence-electron chi connectivity index (χ2n) is 4.44. The molecule has 4 heteroatoms. The Morgan fingerprint density at radius 2 is 1.68 bits per heavy atom. The number of aromatic nitrogens is 1. The third-order valence-corrected chi connectivity index (χ3v) is 3.12. The van der Waals surface area contributed by atoms with Gasteiger partial charge in [-0.05, 0) is 48.5 Å². The van der Waals surface area contributed by atoms with Crippen molar-refractivity contribution in [3.05, 3.63) is 48.5 Å². The highest BCUT2D eigenvalue weighted by Gasteiger charge is 2.05. The zero-order valence-electron chi connectivity index (χ0n) is 10.5. The fourth-order valence-electron chi connectivity index (χ4n) is 2.06. The van der Waals surface area contributed by atoms with E-state index in [2.05, 4.69) is 0 Å². The molecule has 0 atom stereocenters. The van der Waals surface area contributed by atoms with E-state index < -0.39 is 0 Å². The summed E-state index contributed by atoms with van der Waals surface area (Å²) < 4.78 is 7.66. The van der Waals surface area contributed by atoms with Crippen LogP contribution in [0.4, 0.5) is 5.82 Å². The number of aryl methyl sites for hydroxylation is 1. The van der Waals surface area contributed by atoms with Gasteiger partial charge in [-0.25, -0.2) is 0 Å². The molecule has 0 spiro atoms. The Balaban J connectivity index is 1.95. The molecule has 1 aromatic heterocycles. The van der Waals surface area contributed by atoms with Gasteiger partial charge < -0.3 is 20.1 Å². The van der Waals surface area contributed by atoms with Crippen molar-refractivity contribution in [3.8, 4) is 17.2 Å². The highest BCUT2D eigenvalue weighted by atomic mass is 16.5. The van der Waals surface area contributed by atoms with Crippen LogP contribution in [-0.4, -0.2) is 9.67 Å². The monoisotopic (exact) mass is 254 g/mol. The number of hydrogen-bond acceptors (Lipinski definition) is 3. The Morgan fingerprint density at radius 3 is 2.42 bits per heavy atom. The lowest BCUT2D eigenvalue weighted by Crippen LogP contribution is -1.94. The van der Waals surface area contributed by atoms with E-state index in [4.69, 9.17) is 10.5 Å². The van der Waals surface area contributed by atoms with E-state index in [-0.39, 0.29) is 5.75 Å². The number of phenols is 1. The lowest BCUT2D eigenvalue weighted by molar-refractivity contribution is 0.464. The number of nitrogens with two attached hydrogens (primary N) is 1. The van der Waals surface area contributed by atoms with Gasteiger partial charge in [-0.2, -0.15) is 0 Å². The van der Waals surface area contributed by atoms with Gasteiger partial charge >= 0.3 is 0 Å². The smallest absolute Gasteiger partial charge is 0.128 e. The van der Waals surface area contributed by atoms with Gasteiger partial charge in [0.25, 0.3) is 0 Å². The number of aromatic hydroxyl groups is 1. The standard InChI is InChI=1S/C15H14N2O2/c1-17-14-7-6-13(8-10(14)9-15(17)16)19-12-4-2-11(18)3-5-12/h2-9,18H,16H2,1H3. The molecule has 1 heterocycles. The molecular weight excluding hydrogens is 240 g/mol. The molecule has 3 N–H and O–H groups in total. The van der Waals surface area contributed by atoms with Crippen molar-refractivity contribution in [2.45, 2.75) is 0 Å². The first-order chi connectivity index (χ1) is 9.13. The Hall–Kier alpha value is -2.62. The summed E-state index contributed by atoms with van der Waals surface area (Å²) in [4.78, 5) is 0. The van der Waals surface area contributed by atoms with E-state index in [1.165, 1.54) is 0 Å². The number of phenolic OH excluding ortho intramolecular Hbond substituents is 1. The van der Waals surface area contributed by atoms with Crippen LogP contribution < -0.4 is 10.5 Å². The summed E-state index contributed by atoms with van der Waals surface area (Å²) in [6, 6.07) is 14.4. The highest BCUT2D eigenvalue weighted by molar-refractivity contribution is 5.85. The summed E-state index contributed by atoms with van der Waals surface area (Å²) >= 11 is 0. The van der Waals surface area contributed by atoms with Gasteiger partial charge in [-0.15, -0.1) is 0 Å². The fourth-order valence-corrected chi connectivity index (χ4v) is 2.06. The zero-order chi connectivity index (χ0) is 13.4. The third-order valence-electron chi connectivity index (χ3n) is 3.12. The number of anilines is 1. The molecule has 0 fully saturated rings. The quantitative estimate of drug-likeness (QED) is 0.738. The minimum Gasteiger partial charge on any atom is -0.508 e. The summed E-state index contributed by atoms with van der Waals surface area (Å²) in [5, 5.41) is 10.3. The number of hydrogen-bond donors (Lipinski definition) is 2. The number of rotatable bonds is 2. The van der Waals surface area contributed by atoms with Crippen LogP contribution in [0.3, 0.4) is 0 Å². The largest absolute Gasteiger partial charge is 0.508 e. The lowest BCUT2D eigenvalue weighted by Gasteiger charge is -2.06. The van der Waals surface area contributed by atoms with Gasteiger partial charge in [0.05, 0.1) is 0 Å². The van der Waals surface area contributed by atoms with E-state index in [1.807, 2.05) is 35.9 Å². The predicted molar refractivity (Wildman–Crippen MR) is 75.5 cm³/mol. The SMILES string of the molecule is Cn1c(N)cc2cc(Oc3ccc(O)cc3)ccc21. The van der Waals surface area contributed by atoms with E-state index in [0.29, 0.717) is 5.75 Å². The summed E-state index contributed by atoms with van der Waals surface area (Å²) in [6.45, 7) is 0. The Bertz CT molecular complexity index is 730. The minimum atomic E-state index is 0.221. The Kier molecular flexibility index (Phi) is 2.56. The van der Waals surface area contributed by atoms with E-state index in [0.717, 1.165) is 22.5 Å². The van der Waals surface area contributed by atoms with Gasteiger partial charge in [-0.3, -0.25) is 0 Å². The number of fused-ring (bicyclic) bond motifs is 1. The molecule has 0 amide bonds. The maximum absolute atomic E-state index is 9.23. The molecule has 0 aliphatic heterocycles. The maximum Gasteiger partial charge on any atom is 0.128 e. The number of ether oxygens (including phenoxy) is 1. The van der Waals surface area contributed by atoms with Crippen LogP contribution in [0.2, 0.25) is 0 Å². The molecule has 4 nitrogen and oxygen atoms in total. The summed E-state index contributed by atoms with van der Waals surface area (Å²) in [5.41, 5.74) is 6.93. The van der Waals surface area contributed by atoms with Gasteiger partial charge in [0.15, 0.2) is 0 Å². The first-order valence-electron chi connectivity index (χ1n) is 5.95. The average molecular weight is 254 g/mol. The molecule has 0 aliphatic carbocycles. The molecule has 0 bridgehead atoms. The van der Waals surface area contributed by atoms with Crippen molar-refractivity contribution in [1.82, 2.24) is 4.57 Å². The third kappa shape index (κ3) is 2.08. The van der Waals surface area contributed by atoms with E-state index in [1.54, 1.807) is 24.3 Å². The van der Waals surface area contributed by atoms with Crippen LogP contribution in [0.5, 0.6) is 17.2 Å². The van der Waals surface area contributed by atoms with Crippen LogP contribution in [0.25, 0.3) is 10.9 Å². The van der Waals surface area contributed by atoms with E-state index >= 15 is 0 Å². The zero-order valence-corrected chi connectivity index (χ0v) is 10.5. The second kappa shape index (κ2) is 4.24. The molecule has 3 aromatic rings. The maximum atomic E-state index is 9.23. The first-order valence-corrected chi connectivity index (χ1v) is 5.95. The van der Waals surface area contributed by atoms with Crippen LogP contribution >= 0.6 is 0 Å².